The monoisotopic (exact) mass is 258 g/mol. The van der Waals surface area contributed by atoms with Crippen LogP contribution in [0.5, 0.6) is 5.75 Å². The summed E-state index contributed by atoms with van der Waals surface area (Å²) in [5.74, 6) is 0.691. The zero-order valence-electron chi connectivity index (χ0n) is 9.91. The van der Waals surface area contributed by atoms with Gasteiger partial charge in [-0.3, -0.25) is 10.1 Å². The molecule has 96 valence electrons. The Morgan fingerprint density at radius 3 is 2.58 bits per heavy atom. The largest absolute Gasteiger partial charge is 0.486 e. The van der Waals surface area contributed by atoms with Gasteiger partial charge in [-0.05, 0) is 23.8 Å². The van der Waals surface area contributed by atoms with Gasteiger partial charge in [-0.2, -0.15) is 5.26 Å². The van der Waals surface area contributed by atoms with E-state index in [1.807, 2.05) is 0 Å². The molecule has 1 aromatic heterocycles. The third kappa shape index (κ3) is 3.33. The number of nitro groups is 1. The van der Waals surface area contributed by atoms with E-state index in [0.29, 0.717) is 17.9 Å². The Morgan fingerprint density at radius 2 is 2.00 bits per heavy atom. The zero-order chi connectivity index (χ0) is 13.7. The molecule has 0 saturated carbocycles. The quantitative estimate of drug-likeness (QED) is 0.607. The molecule has 0 atom stereocenters. The molecule has 0 unspecified atom stereocenters. The van der Waals surface area contributed by atoms with Crippen LogP contribution in [0, 0.1) is 21.4 Å². The molecule has 0 saturated heterocycles. The Hall–Kier alpha value is -2.81. The molecule has 1 heterocycles. The highest BCUT2D eigenvalue weighted by Crippen LogP contribution is 2.18. The lowest BCUT2D eigenvalue weighted by Crippen LogP contribution is -1.94. The summed E-state index contributed by atoms with van der Waals surface area (Å²) < 4.78 is 10.4. The van der Waals surface area contributed by atoms with Crippen molar-refractivity contribution in [3.8, 4) is 11.8 Å². The molecule has 0 aliphatic rings. The lowest BCUT2D eigenvalue weighted by Gasteiger charge is -2.04. The van der Waals surface area contributed by atoms with Crippen LogP contribution in [0.4, 0.5) is 5.88 Å². The van der Waals surface area contributed by atoms with E-state index in [1.54, 1.807) is 24.3 Å². The summed E-state index contributed by atoms with van der Waals surface area (Å²) in [7, 11) is 0. The maximum atomic E-state index is 10.4. The lowest BCUT2D eigenvalue weighted by molar-refractivity contribution is -0.402. The predicted molar refractivity (Wildman–Crippen MR) is 65.5 cm³/mol. The van der Waals surface area contributed by atoms with Crippen molar-refractivity contribution in [2.75, 3.05) is 0 Å². The van der Waals surface area contributed by atoms with Crippen molar-refractivity contribution in [1.82, 2.24) is 0 Å². The second kappa shape index (κ2) is 5.69. The van der Waals surface area contributed by atoms with Crippen LogP contribution in [0.1, 0.15) is 11.3 Å². The first-order chi connectivity index (χ1) is 9.19. The van der Waals surface area contributed by atoms with Gasteiger partial charge >= 0.3 is 5.88 Å². The molecule has 0 amide bonds. The molecule has 19 heavy (non-hydrogen) atoms. The molecule has 1 aromatic carbocycles. The molecule has 0 aliphatic carbocycles. The number of ether oxygens (including phenoxy) is 1. The lowest BCUT2D eigenvalue weighted by atomic mass is 10.2. The summed E-state index contributed by atoms with van der Waals surface area (Å²) in [6.45, 7) is 0.117. The fourth-order valence-corrected chi connectivity index (χ4v) is 1.49. The van der Waals surface area contributed by atoms with Crippen LogP contribution in [0.3, 0.4) is 0 Å². The van der Waals surface area contributed by atoms with E-state index in [1.165, 1.54) is 12.1 Å². The number of nitriles is 1. The summed E-state index contributed by atoms with van der Waals surface area (Å²) in [6, 6.07) is 11.9. The number of benzene rings is 1. The summed E-state index contributed by atoms with van der Waals surface area (Å²) in [5.41, 5.74) is 0.906. The van der Waals surface area contributed by atoms with Crippen LogP contribution >= 0.6 is 0 Å². The van der Waals surface area contributed by atoms with Gasteiger partial charge in [0.05, 0.1) is 18.6 Å². The highest BCUT2D eigenvalue weighted by atomic mass is 16.6. The number of hydrogen-bond donors (Lipinski definition) is 0. The smallest absolute Gasteiger partial charge is 0.433 e. The van der Waals surface area contributed by atoms with Crippen molar-refractivity contribution in [1.29, 1.82) is 5.26 Å². The highest BCUT2D eigenvalue weighted by Gasteiger charge is 2.11. The molecular weight excluding hydrogens is 248 g/mol. The molecular formula is C13H10N2O4. The van der Waals surface area contributed by atoms with Gasteiger partial charge in [-0.25, -0.2) is 0 Å². The topological polar surface area (TPSA) is 89.3 Å². The predicted octanol–water partition coefficient (Wildman–Crippen LogP) is 2.83. The first-order valence-electron chi connectivity index (χ1n) is 5.51. The molecule has 6 heteroatoms. The number of rotatable bonds is 5. The standard InChI is InChI=1S/C13H10N2O4/c14-8-7-10-1-3-11(4-2-10)18-9-12-5-6-13(19-12)15(16)17/h1-6H,7,9H2. The van der Waals surface area contributed by atoms with E-state index in [9.17, 15) is 10.1 Å². The molecule has 0 fully saturated rings. The molecule has 2 aromatic rings. The van der Waals surface area contributed by atoms with Crippen LogP contribution < -0.4 is 4.74 Å². The maximum absolute atomic E-state index is 10.4. The maximum Gasteiger partial charge on any atom is 0.433 e. The molecule has 6 nitrogen and oxygen atoms in total. The Morgan fingerprint density at radius 1 is 1.26 bits per heavy atom. The average molecular weight is 258 g/mol. The van der Waals surface area contributed by atoms with Gasteiger partial charge in [0.25, 0.3) is 0 Å². The molecule has 0 spiro atoms. The van der Waals surface area contributed by atoms with Gasteiger partial charge < -0.3 is 9.15 Å². The van der Waals surface area contributed by atoms with E-state index >= 15 is 0 Å². The van der Waals surface area contributed by atoms with Gasteiger partial charge in [-0.1, -0.05) is 12.1 Å². The van der Waals surface area contributed by atoms with Crippen LogP contribution in [-0.2, 0) is 13.0 Å². The number of hydrogen-bond acceptors (Lipinski definition) is 5. The van der Waals surface area contributed by atoms with E-state index < -0.39 is 4.92 Å². The Labute approximate surface area is 109 Å². The fourth-order valence-electron chi connectivity index (χ4n) is 1.49. The first-order valence-corrected chi connectivity index (χ1v) is 5.51. The van der Waals surface area contributed by atoms with Crippen LogP contribution in [-0.4, -0.2) is 4.92 Å². The molecule has 2 rings (SSSR count). The second-order valence-electron chi connectivity index (χ2n) is 3.76. The summed E-state index contributed by atoms with van der Waals surface area (Å²) in [6.07, 6.45) is 0.352. The van der Waals surface area contributed by atoms with E-state index in [0.717, 1.165) is 5.56 Å². The van der Waals surface area contributed by atoms with Gasteiger partial charge in [0.15, 0.2) is 0 Å². The summed E-state index contributed by atoms with van der Waals surface area (Å²) >= 11 is 0. The van der Waals surface area contributed by atoms with Crippen molar-refractivity contribution >= 4 is 5.88 Å². The second-order valence-corrected chi connectivity index (χ2v) is 3.76. The van der Waals surface area contributed by atoms with Crippen LogP contribution in [0.25, 0.3) is 0 Å². The molecule has 0 N–H and O–H groups in total. The number of furan rings is 1. The molecule has 0 aliphatic heterocycles. The van der Waals surface area contributed by atoms with Gasteiger partial charge in [-0.15, -0.1) is 0 Å². The summed E-state index contributed by atoms with van der Waals surface area (Å²) in [5, 5.41) is 19.0. The Bertz CT molecular complexity index is 610. The van der Waals surface area contributed by atoms with Crippen LogP contribution in [0.15, 0.2) is 40.8 Å². The van der Waals surface area contributed by atoms with Gasteiger partial charge in [0.1, 0.15) is 23.0 Å². The van der Waals surface area contributed by atoms with E-state index in [2.05, 4.69) is 6.07 Å². The van der Waals surface area contributed by atoms with Crippen molar-refractivity contribution in [3.05, 3.63) is 57.8 Å². The van der Waals surface area contributed by atoms with Gasteiger partial charge in [0.2, 0.25) is 0 Å². The van der Waals surface area contributed by atoms with Crippen molar-refractivity contribution in [2.24, 2.45) is 0 Å². The van der Waals surface area contributed by atoms with Gasteiger partial charge in [0, 0.05) is 0 Å². The normalized spacial score (nSPS) is 9.84. The Balaban J connectivity index is 1.94. The van der Waals surface area contributed by atoms with Crippen molar-refractivity contribution in [2.45, 2.75) is 13.0 Å². The third-order valence-corrected chi connectivity index (χ3v) is 2.42. The minimum Gasteiger partial charge on any atom is -0.486 e. The van der Waals surface area contributed by atoms with Crippen LogP contribution in [0.2, 0.25) is 0 Å². The fraction of sp³-hybridized carbons (Fsp3) is 0.154. The molecule has 0 radical (unpaired) electrons. The third-order valence-electron chi connectivity index (χ3n) is 2.42. The SMILES string of the molecule is N#CCc1ccc(OCc2ccc([N+](=O)[O-])o2)cc1. The highest BCUT2D eigenvalue weighted by molar-refractivity contribution is 5.29. The zero-order valence-corrected chi connectivity index (χ0v) is 9.91. The van der Waals surface area contributed by atoms with Crippen molar-refractivity contribution in [3.63, 3.8) is 0 Å². The minimum absolute atomic E-state index is 0.117. The van der Waals surface area contributed by atoms with Crippen molar-refractivity contribution < 1.29 is 14.1 Å². The minimum atomic E-state index is -0.597. The summed E-state index contributed by atoms with van der Waals surface area (Å²) in [4.78, 5) is 9.84. The number of nitrogens with zero attached hydrogens (tertiary/aromatic N) is 2. The van der Waals surface area contributed by atoms with E-state index in [-0.39, 0.29) is 12.5 Å². The Kier molecular flexibility index (Phi) is 3.78. The van der Waals surface area contributed by atoms with E-state index in [4.69, 9.17) is 14.4 Å². The first kappa shape index (κ1) is 12.6. The average Bonchev–Trinajstić information content (AvgIpc) is 2.87. The molecule has 0 bridgehead atoms.